The predicted octanol–water partition coefficient (Wildman–Crippen LogP) is 8.78. The lowest BCUT2D eigenvalue weighted by Crippen LogP contribution is -2.51. The van der Waals surface area contributed by atoms with Crippen LogP contribution in [0.15, 0.2) is 11.6 Å². The summed E-state index contributed by atoms with van der Waals surface area (Å²) in [5, 5.41) is 2.80. The minimum atomic E-state index is -2.89. The Bertz CT molecular complexity index is 1080. The van der Waals surface area contributed by atoms with Gasteiger partial charge in [-0.05, 0) is 123 Å². The molecule has 0 aromatic heterocycles. The van der Waals surface area contributed by atoms with Gasteiger partial charge >= 0.3 is 6.09 Å². The van der Waals surface area contributed by atoms with Gasteiger partial charge in [-0.25, -0.2) is 13.6 Å². The lowest BCUT2D eigenvalue weighted by atomic mass is 9.47. The van der Waals surface area contributed by atoms with Crippen molar-refractivity contribution >= 4 is 6.09 Å². The SMILES string of the molecule is CC(C)CCC[C@@H](C)[C@H]1CC[C@H]2[C@@H]3CC=C4C[C@@H](OC(=O)N(CCCCNCC(F)(F)CN)CC(C)(C)CN)CC[C@]4(C)[C@H]3CC[C@]12C. The highest BCUT2D eigenvalue weighted by Gasteiger charge is 2.59. The minimum absolute atomic E-state index is 0.103. The van der Waals surface area contributed by atoms with Crippen LogP contribution < -0.4 is 16.8 Å². The van der Waals surface area contributed by atoms with Crippen molar-refractivity contribution in [3.8, 4) is 0 Å². The van der Waals surface area contributed by atoms with Gasteiger partial charge in [-0.3, -0.25) is 0 Å². The van der Waals surface area contributed by atoms with Crippen LogP contribution in [0.2, 0.25) is 0 Å². The van der Waals surface area contributed by atoms with E-state index >= 15 is 0 Å². The van der Waals surface area contributed by atoms with Crippen LogP contribution in [-0.2, 0) is 4.74 Å². The number of fused-ring (bicyclic) bond motifs is 5. The topological polar surface area (TPSA) is 93.6 Å². The summed E-state index contributed by atoms with van der Waals surface area (Å²) in [5.41, 5.74) is 13.2. The summed E-state index contributed by atoms with van der Waals surface area (Å²) in [6, 6.07) is 0. The van der Waals surface area contributed by atoms with Crippen LogP contribution in [0.4, 0.5) is 13.6 Å². The van der Waals surface area contributed by atoms with E-state index in [0.29, 0.717) is 44.4 Å². The molecule has 48 heavy (non-hydrogen) atoms. The second-order valence-corrected chi connectivity index (χ2v) is 18.3. The van der Waals surface area contributed by atoms with Crippen LogP contribution >= 0.6 is 0 Å². The molecule has 6 nitrogen and oxygen atoms in total. The molecule has 8 heteroatoms. The second kappa shape index (κ2) is 16.4. The quantitative estimate of drug-likeness (QED) is 0.106. The number of nitrogens with zero attached hydrogens (tertiary/aromatic N) is 1. The summed E-state index contributed by atoms with van der Waals surface area (Å²) in [6.07, 6.45) is 17.3. The molecule has 4 aliphatic carbocycles. The molecule has 1 amide bonds. The Balaban J connectivity index is 1.34. The first-order chi connectivity index (χ1) is 22.5. The van der Waals surface area contributed by atoms with Gasteiger partial charge in [0.1, 0.15) is 6.10 Å². The average Bonchev–Trinajstić information content (AvgIpc) is 3.39. The molecule has 0 aliphatic heterocycles. The molecule has 0 aromatic carbocycles. The smallest absolute Gasteiger partial charge is 0.410 e. The maximum Gasteiger partial charge on any atom is 0.410 e. The van der Waals surface area contributed by atoms with E-state index in [2.05, 4.69) is 59.9 Å². The summed E-state index contributed by atoms with van der Waals surface area (Å²) < 4.78 is 33.1. The van der Waals surface area contributed by atoms with Crippen molar-refractivity contribution in [1.29, 1.82) is 0 Å². The fraction of sp³-hybridized carbons (Fsp3) is 0.925. The predicted molar refractivity (Wildman–Crippen MR) is 194 cm³/mol. The zero-order valence-electron chi connectivity index (χ0n) is 31.7. The third-order valence-corrected chi connectivity index (χ3v) is 13.7. The molecule has 0 bridgehead atoms. The summed E-state index contributed by atoms with van der Waals surface area (Å²) in [5.74, 6) is 1.97. The Morgan fingerprint density at radius 1 is 1.02 bits per heavy atom. The number of hydrogen-bond donors (Lipinski definition) is 3. The third kappa shape index (κ3) is 9.34. The number of hydrogen-bond acceptors (Lipinski definition) is 5. The lowest BCUT2D eigenvalue weighted by Gasteiger charge is -2.58. The number of nitrogens with one attached hydrogen (secondary N) is 1. The highest BCUT2D eigenvalue weighted by Crippen LogP contribution is 2.67. The van der Waals surface area contributed by atoms with Crippen LogP contribution in [0.3, 0.4) is 0 Å². The number of rotatable bonds is 17. The van der Waals surface area contributed by atoms with E-state index in [4.69, 9.17) is 16.2 Å². The first-order valence-corrected chi connectivity index (χ1v) is 19.7. The molecule has 0 heterocycles. The number of unbranched alkanes of at least 4 members (excludes halogenated alkanes) is 1. The van der Waals surface area contributed by atoms with Gasteiger partial charge in [0.05, 0.1) is 13.1 Å². The van der Waals surface area contributed by atoms with Gasteiger partial charge in [-0.2, -0.15) is 0 Å². The molecule has 0 saturated heterocycles. The average molecular weight is 679 g/mol. The van der Waals surface area contributed by atoms with E-state index in [1.807, 2.05) is 0 Å². The number of carbonyl (C=O) groups is 1. The summed E-state index contributed by atoms with van der Waals surface area (Å²) in [4.78, 5) is 15.4. The van der Waals surface area contributed by atoms with Gasteiger partial charge in [-0.15, -0.1) is 0 Å². The standard InChI is InChI=1S/C40H72F2N4O2/c1-28(2)11-10-12-29(3)33-15-16-34-32-14-13-30-23-31(17-19-38(30,6)35(32)18-20-39(33,34)7)48-36(47)46(27-37(4,5)24-43)22-9-8-21-45-26-40(41,42)25-44/h13,28-29,31-35,45H,8-12,14-27,43-44H2,1-7H3/t29-,31+,32+,33-,34+,35+,38+,39-/m1/s1. The van der Waals surface area contributed by atoms with E-state index in [1.165, 1.54) is 56.9 Å². The second-order valence-electron chi connectivity index (χ2n) is 18.3. The number of ether oxygens (including phenoxy) is 1. The Kier molecular flexibility index (Phi) is 13.5. The highest BCUT2D eigenvalue weighted by molar-refractivity contribution is 5.68. The lowest BCUT2D eigenvalue weighted by molar-refractivity contribution is -0.0596. The molecule has 3 fully saturated rings. The highest BCUT2D eigenvalue weighted by atomic mass is 19.3. The fourth-order valence-electron chi connectivity index (χ4n) is 10.7. The first-order valence-electron chi connectivity index (χ1n) is 19.7. The molecular formula is C40H72F2N4O2. The van der Waals surface area contributed by atoms with E-state index < -0.39 is 19.0 Å². The van der Waals surface area contributed by atoms with Crippen molar-refractivity contribution < 1.29 is 18.3 Å². The number of carbonyl (C=O) groups excluding carboxylic acids is 1. The van der Waals surface area contributed by atoms with Crippen LogP contribution in [0, 0.1) is 51.8 Å². The summed E-state index contributed by atoms with van der Waals surface area (Å²) in [7, 11) is 0. The zero-order valence-corrected chi connectivity index (χ0v) is 31.7. The Morgan fingerprint density at radius 3 is 2.46 bits per heavy atom. The summed E-state index contributed by atoms with van der Waals surface area (Å²) in [6.45, 7) is 17.4. The van der Waals surface area contributed by atoms with E-state index in [9.17, 15) is 13.6 Å². The number of allylic oxidation sites excluding steroid dienone is 1. The van der Waals surface area contributed by atoms with Gasteiger partial charge < -0.3 is 26.4 Å². The van der Waals surface area contributed by atoms with Crippen molar-refractivity contribution in [1.82, 2.24) is 10.2 Å². The fourth-order valence-corrected chi connectivity index (χ4v) is 10.7. The van der Waals surface area contributed by atoms with Crippen LogP contribution in [-0.4, -0.2) is 62.3 Å². The van der Waals surface area contributed by atoms with Crippen molar-refractivity contribution in [2.24, 2.45) is 63.2 Å². The molecule has 0 aromatic rings. The normalized spacial score (nSPS) is 32.7. The molecule has 3 saturated carbocycles. The maximum absolute atomic E-state index is 13.6. The van der Waals surface area contributed by atoms with Crippen molar-refractivity contribution in [2.45, 2.75) is 144 Å². The van der Waals surface area contributed by atoms with Gasteiger partial charge in [0.2, 0.25) is 0 Å². The molecule has 4 rings (SSSR count). The van der Waals surface area contributed by atoms with E-state index in [0.717, 1.165) is 54.8 Å². The molecule has 5 N–H and O–H groups in total. The Morgan fingerprint density at radius 2 is 1.77 bits per heavy atom. The van der Waals surface area contributed by atoms with Crippen LogP contribution in [0.25, 0.3) is 0 Å². The van der Waals surface area contributed by atoms with Crippen molar-refractivity contribution in [3.63, 3.8) is 0 Å². The van der Waals surface area contributed by atoms with E-state index in [1.54, 1.807) is 4.90 Å². The maximum atomic E-state index is 13.6. The summed E-state index contributed by atoms with van der Waals surface area (Å²) >= 11 is 0. The largest absolute Gasteiger partial charge is 0.446 e. The number of halogens is 2. The minimum Gasteiger partial charge on any atom is -0.446 e. The van der Waals surface area contributed by atoms with Gasteiger partial charge in [0, 0.05) is 19.5 Å². The number of nitrogens with two attached hydrogens (primary N) is 2. The molecule has 0 spiro atoms. The van der Waals surface area contributed by atoms with Gasteiger partial charge in [0.25, 0.3) is 5.92 Å². The van der Waals surface area contributed by atoms with Crippen molar-refractivity contribution in [3.05, 3.63) is 11.6 Å². The third-order valence-electron chi connectivity index (χ3n) is 13.7. The van der Waals surface area contributed by atoms with Gasteiger partial charge in [-0.1, -0.05) is 79.4 Å². The van der Waals surface area contributed by atoms with Crippen LogP contribution in [0.1, 0.15) is 132 Å². The zero-order chi connectivity index (χ0) is 35.3. The molecule has 8 atom stereocenters. The number of alkyl halides is 2. The van der Waals surface area contributed by atoms with Crippen LogP contribution in [0.5, 0.6) is 0 Å². The molecular weight excluding hydrogens is 606 g/mol. The molecule has 0 radical (unpaired) electrons. The first kappa shape index (κ1) is 39.5. The van der Waals surface area contributed by atoms with Crippen molar-refractivity contribution in [2.75, 3.05) is 39.3 Å². The van der Waals surface area contributed by atoms with Gasteiger partial charge in [0.15, 0.2) is 0 Å². The molecule has 4 aliphatic rings. The molecule has 0 unspecified atom stereocenters. The Labute approximate surface area is 292 Å². The number of amides is 1. The molecule has 278 valence electrons. The monoisotopic (exact) mass is 679 g/mol. The Hall–Kier alpha value is -1.25. The van der Waals surface area contributed by atoms with E-state index in [-0.39, 0.29) is 23.0 Å².